The summed E-state index contributed by atoms with van der Waals surface area (Å²) in [6.45, 7) is 7.07. The van der Waals surface area contributed by atoms with Gasteiger partial charge >= 0.3 is 0 Å². The first-order valence-electron chi connectivity index (χ1n) is 9.51. The van der Waals surface area contributed by atoms with Crippen molar-refractivity contribution in [2.24, 2.45) is 11.8 Å². The van der Waals surface area contributed by atoms with Crippen molar-refractivity contribution >= 4 is 5.91 Å². The maximum atomic E-state index is 12.7. The molecule has 1 aliphatic carbocycles. The number of fused-ring (bicyclic) bond motifs is 2. The van der Waals surface area contributed by atoms with Crippen molar-refractivity contribution in [1.82, 2.24) is 16.2 Å². The van der Waals surface area contributed by atoms with E-state index in [1.807, 2.05) is 12.1 Å². The number of amides is 1. The van der Waals surface area contributed by atoms with Crippen LogP contribution in [0.2, 0.25) is 0 Å². The van der Waals surface area contributed by atoms with Crippen LogP contribution in [0.25, 0.3) is 0 Å². The Labute approximate surface area is 149 Å². The lowest BCUT2D eigenvalue weighted by atomic mass is 9.76. The smallest absolute Gasteiger partial charge is 0.239 e. The Morgan fingerprint density at radius 2 is 2.16 bits per heavy atom. The first kappa shape index (κ1) is 16.9. The van der Waals surface area contributed by atoms with Gasteiger partial charge in [-0.15, -0.1) is 0 Å². The normalized spacial score (nSPS) is 32.6. The molecule has 25 heavy (non-hydrogen) atoms. The second kappa shape index (κ2) is 6.29. The molecule has 3 aliphatic rings. The first-order valence-corrected chi connectivity index (χ1v) is 9.51. The number of hydrogen-bond acceptors (Lipinski definition) is 4. The van der Waals surface area contributed by atoms with Crippen LogP contribution in [0.1, 0.15) is 51.2 Å². The van der Waals surface area contributed by atoms with Crippen molar-refractivity contribution in [2.75, 3.05) is 0 Å². The highest BCUT2D eigenvalue weighted by atomic mass is 16.5. The SMILES string of the molecule is CC1CCC2NNC(C(=O)NCc3ccc4c(c3)CC(C)(C)O4)C2C1. The molecule has 1 saturated heterocycles. The Morgan fingerprint density at radius 3 is 3.00 bits per heavy atom. The van der Waals surface area contributed by atoms with Gasteiger partial charge < -0.3 is 10.1 Å². The Balaban J connectivity index is 1.37. The van der Waals surface area contributed by atoms with Crippen molar-refractivity contribution < 1.29 is 9.53 Å². The van der Waals surface area contributed by atoms with Crippen LogP contribution in [0.15, 0.2) is 18.2 Å². The average molecular weight is 343 g/mol. The molecule has 4 rings (SSSR count). The number of benzene rings is 1. The molecule has 136 valence electrons. The lowest BCUT2D eigenvalue weighted by Gasteiger charge is -2.30. The molecule has 1 aromatic rings. The van der Waals surface area contributed by atoms with Gasteiger partial charge in [0.1, 0.15) is 17.4 Å². The molecule has 1 aromatic carbocycles. The fourth-order valence-corrected chi connectivity index (χ4v) is 4.61. The summed E-state index contributed by atoms with van der Waals surface area (Å²) >= 11 is 0. The summed E-state index contributed by atoms with van der Waals surface area (Å²) in [5.41, 5.74) is 8.79. The van der Waals surface area contributed by atoms with Gasteiger partial charge in [0.25, 0.3) is 0 Å². The van der Waals surface area contributed by atoms with E-state index in [1.165, 1.54) is 12.0 Å². The van der Waals surface area contributed by atoms with Gasteiger partial charge in [-0.2, -0.15) is 0 Å². The van der Waals surface area contributed by atoms with Crippen molar-refractivity contribution in [1.29, 1.82) is 0 Å². The standard InChI is InChI=1S/C20H29N3O2/c1-12-4-6-16-15(8-12)18(23-22-16)19(24)21-11-13-5-7-17-14(9-13)10-20(2,3)25-17/h5,7,9,12,15-16,18,22-23H,4,6,8,10-11H2,1-3H3,(H,21,24). The summed E-state index contributed by atoms with van der Waals surface area (Å²) in [4.78, 5) is 12.7. The Kier molecular flexibility index (Phi) is 4.24. The number of ether oxygens (including phenoxy) is 1. The van der Waals surface area contributed by atoms with E-state index < -0.39 is 0 Å². The predicted octanol–water partition coefficient (Wildman–Crippen LogP) is 2.30. The Bertz CT molecular complexity index is 673. The first-order chi connectivity index (χ1) is 11.9. The Morgan fingerprint density at radius 1 is 1.32 bits per heavy atom. The molecular weight excluding hydrogens is 314 g/mol. The molecule has 0 aromatic heterocycles. The van der Waals surface area contributed by atoms with Crippen molar-refractivity contribution in [3.63, 3.8) is 0 Å². The number of hydrazine groups is 1. The van der Waals surface area contributed by atoms with Crippen molar-refractivity contribution in [2.45, 2.75) is 70.7 Å². The molecular formula is C20H29N3O2. The molecule has 0 bridgehead atoms. The van der Waals surface area contributed by atoms with E-state index >= 15 is 0 Å². The molecule has 1 saturated carbocycles. The van der Waals surface area contributed by atoms with E-state index in [0.29, 0.717) is 24.4 Å². The van der Waals surface area contributed by atoms with Crippen LogP contribution in [0.5, 0.6) is 5.75 Å². The van der Waals surface area contributed by atoms with E-state index in [2.05, 4.69) is 43.0 Å². The van der Waals surface area contributed by atoms with Crippen LogP contribution in [0.4, 0.5) is 0 Å². The van der Waals surface area contributed by atoms with Gasteiger partial charge in [-0.05, 0) is 56.2 Å². The minimum absolute atomic E-state index is 0.103. The zero-order chi connectivity index (χ0) is 17.6. The quantitative estimate of drug-likeness (QED) is 0.788. The highest BCUT2D eigenvalue weighted by molar-refractivity contribution is 5.82. The topological polar surface area (TPSA) is 62.4 Å². The zero-order valence-electron chi connectivity index (χ0n) is 15.4. The van der Waals surface area contributed by atoms with Crippen LogP contribution in [-0.2, 0) is 17.8 Å². The molecule has 4 atom stereocenters. The van der Waals surface area contributed by atoms with E-state index in [9.17, 15) is 4.79 Å². The lowest BCUT2D eigenvalue weighted by Crippen LogP contribution is -2.45. The maximum Gasteiger partial charge on any atom is 0.239 e. The number of hydrogen-bond donors (Lipinski definition) is 3. The molecule has 0 spiro atoms. The van der Waals surface area contributed by atoms with Gasteiger partial charge in [-0.3, -0.25) is 10.2 Å². The van der Waals surface area contributed by atoms with Crippen LogP contribution >= 0.6 is 0 Å². The fraction of sp³-hybridized carbons (Fsp3) is 0.650. The highest BCUT2D eigenvalue weighted by Gasteiger charge is 2.42. The summed E-state index contributed by atoms with van der Waals surface area (Å²) in [5.74, 6) is 2.18. The lowest BCUT2D eigenvalue weighted by molar-refractivity contribution is -0.124. The van der Waals surface area contributed by atoms with Crippen LogP contribution in [-0.4, -0.2) is 23.6 Å². The largest absolute Gasteiger partial charge is 0.487 e. The molecule has 5 nitrogen and oxygen atoms in total. The van der Waals surface area contributed by atoms with E-state index in [-0.39, 0.29) is 17.6 Å². The molecule has 4 unspecified atom stereocenters. The maximum absolute atomic E-state index is 12.7. The minimum Gasteiger partial charge on any atom is -0.487 e. The third-order valence-electron chi connectivity index (χ3n) is 5.89. The van der Waals surface area contributed by atoms with Gasteiger partial charge in [-0.1, -0.05) is 19.1 Å². The molecule has 3 N–H and O–H groups in total. The summed E-state index contributed by atoms with van der Waals surface area (Å²) < 4.78 is 5.92. The predicted molar refractivity (Wildman–Crippen MR) is 97.1 cm³/mol. The van der Waals surface area contributed by atoms with Crippen molar-refractivity contribution in [3.05, 3.63) is 29.3 Å². The molecule has 2 aliphatic heterocycles. The number of carbonyl (C=O) groups excluding carboxylic acids is 1. The fourth-order valence-electron chi connectivity index (χ4n) is 4.61. The summed E-state index contributed by atoms with van der Waals surface area (Å²) in [7, 11) is 0. The van der Waals surface area contributed by atoms with Crippen LogP contribution in [0.3, 0.4) is 0 Å². The molecule has 2 heterocycles. The van der Waals surface area contributed by atoms with E-state index in [4.69, 9.17) is 4.74 Å². The number of rotatable bonds is 3. The van der Waals surface area contributed by atoms with Crippen molar-refractivity contribution in [3.8, 4) is 5.75 Å². The van der Waals surface area contributed by atoms with Crippen LogP contribution in [0, 0.1) is 11.8 Å². The molecule has 5 heteroatoms. The Hall–Kier alpha value is -1.59. The van der Waals surface area contributed by atoms with Crippen LogP contribution < -0.4 is 20.9 Å². The van der Waals surface area contributed by atoms with Gasteiger partial charge in [0.2, 0.25) is 5.91 Å². The molecule has 0 radical (unpaired) electrons. The summed E-state index contributed by atoms with van der Waals surface area (Å²) in [6.07, 6.45) is 4.44. The highest BCUT2D eigenvalue weighted by Crippen LogP contribution is 2.35. The zero-order valence-corrected chi connectivity index (χ0v) is 15.4. The molecule has 2 fully saturated rings. The number of nitrogens with one attached hydrogen (secondary N) is 3. The minimum atomic E-state index is -0.129. The van der Waals surface area contributed by atoms with E-state index in [1.54, 1.807) is 0 Å². The summed E-state index contributed by atoms with van der Waals surface area (Å²) in [5, 5.41) is 3.12. The third kappa shape index (κ3) is 3.40. The second-order valence-electron chi connectivity index (χ2n) is 8.65. The van der Waals surface area contributed by atoms with Gasteiger partial charge in [0.05, 0.1) is 0 Å². The number of carbonyl (C=O) groups is 1. The van der Waals surface area contributed by atoms with E-state index in [0.717, 1.165) is 30.6 Å². The van der Waals surface area contributed by atoms with Gasteiger partial charge in [-0.25, -0.2) is 5.43 Å². The van der Waals surface area contributed by atoms with Gasteiger partial charge in [0.15, 0.2) is 0 Å². The second-order valence-corrected chi connectivity index (χ2v) is 8.65. The third-order valence-corrected chi connectivity index (χ3v) is 5.89. The average Bonchev–Trinajstić information content (AvgIpc) is 3.10. The monoisotopic (exact) mass is 343 g/mol. The van der Waals surface area contributed by atoms with Gasteiger partial charge in [0, 0.05) is 24.9 Å². The molecule has 1 amide bonds. The summed E-state index contributed by atoms with van der Waals surface area (Å²) in [6, 6.07) is 6.55.